The van der Waals surface area contributed by atoms with Crippen LogP contribution >= 0.6 is 11.3 Å². The number of methoxy groups -OCH3 is 1. The second-order valence-electron chi connectivity index (χ2n) is 3.88. The largest absolute Gasteiger partial charge is 0.467 e. The van der Waals surface area contributed by atoms with Gasteiger partial charge in [-0.2, -0.15) is 0 Å². The van der Waals surface area contributed by atoms with Gasteiger partial charge in [0.05, 0.1) is 19.4 Å². The molecule has 102 valence electrons. The van der Waals surface area contributed by atoms with Crippen LogP contribution in [0.1, 0.15) is 16.7 Å². The summed E-state index contributed by atoms with van der Waals surface area (Å²) in [5.74, 6) is 0.695. The fourth-order valence-electron chi connectivity index (χ4n) is 1.60. The highest BCUT2D eigenvalue weighted by Crippen LogP contribution is 2.15. The lowest BCUT2D eigenvalue weighted by Crippen LogP contribution is -2.37. The molecular formula is C13H16N2O3S. The van der Waals surface area contributed by atoms with Crippen LogP contribution in [0.15, 0.2) is 40.3 Å². The first-order chi connectivity index (χ1) is 9.29. The maximum Gasteiger partial charge on any atom is 0.315 e. The second kappa shape index (κ2) is 6.96. The van der Waals surface area contributed by atoms with Gasteiger partial charge in [-0.05, 0) is 23.6 Å². The molecule has 2 amide bonds. The molecule has 6 heteroatoms. The minimum atomic E-state index is -0.275. The van der Waals surface area contributed by atoms with E-state index in [2.05, 4.69) is 10.6 Å². The summed E-state index contributed by atoms with van der Waals surface area (Å²) in [5.41, 5.74) is 0. The van der Waals surface area contributed by atoms with Crippen molar-refractivity contribution < 1.29 is 13.9 Å². The summed E-state index contributed by atoms with van der Waals surface area (Å²) in [6, 6.07) is 7.32. The number of carbonyl (C=O) groups excluding carboxylic acids is 1. The van der Waals surface area contributed by atoms with Crippen LogP contribution in [-0.4, -0.2) is 19.7 Å². The Hall–Kier alpha value is -1.79. The summed E-state index contributed by atoms with van der Waals surface area (Å²) in [5, 5.41) is 7.52. The summed E-state index contributed by atoms with van der Waals surface area (Å²) in [6.07, 6.45) is 1.31. The molecular weight excluding hydrogens is 264 g/mol. The third-order valence-electron chi connectivity index (χ3n) is 2.60. The Morgan fingerprint density at radius 2 is 2.32 bits per heavy atom. The maximum atomic E-state index is 11.6. The molecule has 0 fully saturated rings. The predicted octanol–water partition coefficient (Wildman–Crippen LogP) is 2.53. The van der Waals surface area contributed by atoms with E-state index in [9.17, 15) is 4.79 Å². The lowest BCUT2D eigenvalue weighted by Gasteiger charge is -2.14. The Labute approximate surface area is 115 Å². The van der Waals surface area contributed by atoms with Crippen molar-refractivity contribution in [2.24, 2.45) is 0 Å². The zero-order valence-corrected chi connectivity index (χ0v) is 11.4. The molecule has 2 rings (SSSR count). The highest BCUT2D eigenvalue weighted by Gasteiger charge is 2.14. The number of hydrogen-bond donors (Lipinski definition) is 2. The van der Waals surface area contributed by atoms with E-state index in [1.807, 2.05) is 23.6 Å². The first kappa shape index (κ1) is 13.6. The van der Waals surface area contributed by atoms with Gasteiger partial charge in [-0.1, -0.05) is 6.07 Å². The number of furan rings is 1. The number of thiophene rings is 1. The van der Waals surface area contributed by atoms with Crippen molar-refractivity contribution >= 4 is 17.4 Å². The minimum absolute atomic E-state index is 0.220. The lowest BCUT2D eigenvalue weighted by molar-refractivity contribution is 0.0850. The molecule has 0 saturated heterocycles. The van der Waals surface area contributed by atoms with Crippen LogP contribution in [-0.2, 0) is 11.3 Å². The second-order valence-corrected chi connectivity index (χ2v) is 4.91. The van der Waals surface area contributed by atoms with Gasteiger partial charge < -0.3 is 19.8 Å². The first-order valence-corrected chi connectivity index (χ1v) is 6.78. The van der Waals surface area contributed by atoms with E-state index in [1.54, 1.807) is 30.8 Å². The zero-order chi connectivity index (χ0) is 13.5. The molecule has 0 aliphatic heterocycles. The zero-order valence-electron chi connectivity index (χ0n) is 10.6. The average molecular weight is 280 g/mol. The smallest absolute Gasteiger partial charge is 0.315 e. The number of ether oxygens (including phenoxy) is 1. The first-order valence-electron chi connectivity index (χ1n) is 5.90. The molecule has 0 aromatic carbocycles. The van der Waals surface area contributed by atoms with Gasteiger partial charge in [-0.15, -0.1) is 11.3 Å². The molecule has 2 aromatic rings. The van der Waals surface area contributed by atoms with Crippen molar-refractivity contribution in [3.8, 4) is 0 Å². The van der Waals surface area contributed by atoms with Gasteiger partial charge in [0.1, 0.15) is 11.9 Å². The van der Waals surface area contributed by atoms with E-state index in [4.69, 9.17) is 9.15 Å². The molecule has 0 bridgehead atoms. The molecule has 5 nitrogen and oxygen atoms in total. The van der Waals surface area contributed by atoms with Crippen LogP contribution < -0.4 is 10.6 Å². The van der Waals surface area contributed by atoms with Gasteiger partial charge >= 0.3 is 6.03 Å². The van der Waals surface area contributed by atoms with E-state index < -0.39 is 0 Å². The molecule has 2 N–H and O–H groups in total. The van der Waals surface area contributed by atoms with Crippen LogP contribution in [0.5, 0.6) is 0 Å². The lowest BCUT2D eigenvalue weighted by atomic mass is 10.3. The molecule has 2 aromatic heterocycles. The van der Waals surface area contributed by atoms with Crippen molar-refractivity contribution in [1.29, 1.82) is 0 Å². The Balaban J connectivity index is 1.73. The molecule has 1 atom stereocenters. The molecule has 0 spiro atoms. The van der Waals surface area contributed by atoms with Crippen LogP contribution in [0, 0.1) is 0 Å². The van der Waals surface area contributed by atoms with E-state index in [0.29, 0.717) is 18.8 Å². The van der Waals surface area contributed by atoms with Gasteiger partial charge in [0.2, 0.25) is 0 Å². The normalized spacial score (nSPS) is 12.1. The van der Waals surface area contributed by atoms with E-state index >= 15 is 0 Å². The Morgan fingerprint density at radius 1 is 1.42 bits per heavy atom. The highest BCUT2D eigenvalue weighted by atomic mass is 32.1. The Kier molecular flexibility index (Phi) is 5.00. The fourth-order valence-corrected chi connectivity index (χ4v) is 2.25. The van der Waals surface area contributed by atoms with Gasteiger partial charge in [0.15, 0.2) is 0 Å². The van der Waals surface area contributed by atoms with Crippen molar-refractivity contribution in [2.45, 2.75) is 12.6 Å². The Bertz CT molecular complexity index is 482. The molecule has 0 radical (unpaired) electrons. The summed E-state index contributed by atoms with van der Waals surface area (Å²) in [6.45, 7) is 0.891. The summed E-state index contributed by atoms with van der Waals surface area (Å²) in [4.78, 5) is 12.7. The molecule has 0 unspecified atom stereocenters. The topological polar surface area (TPSA) is 63.5 Å². The van der Waals surface area contributed by atoms with Crippen molar-refractivity contribution in [3.05, 3.63) is 46.5 Å². The minimum Gasteiger partial charge on any atom is -0.467 e. The number of carbonyl (C=O) groups is 1. The third-order valence-corrected chi connectivity index (χ3v) is 3.47. The van der Waals surface area contributed by atoms with Gasteiger partial charge in [-0.3, -0.25) is 0 Å². The number of nitrogens with one attached hydrogen (secondary N) is 2. The number of hydrogen-bond acceptors (Lipinski definition) is 4. The van der Waals surface area contributed by atoms with E-state index in [-0.39, 0.29) is 12.1 Å². The van der Waals surface area contributed by atoms with Crippen LogP contribution in [0.25, 0.3) is 0 Å². The number of rotatable bonds is 6. The highest BCUT2D eigenvalue weighted by molar-refractivity contribution is 7.09. The summed E-state index contributed by atoms with van der Waals surface area (Å²) >= 11 is 1.61. The number of amides is 2. The predicted molar refractivity (Wildman–Crippen MR) is 73.0 cm³/mol. The van der Waals surface area contributed by atoms with Crippen molar-refractivity contribution in [2.75, 3.05) is 13.7 Å². The molecule has 0 aliphatic carbocycles. The molecule has 2 heterocycles. The molecule has 0 saturated carbocycles. The van der Waals surface area contributed by atoms with E-state index in [1.165, 1.54) is 0 Å². The van der Waals surface area contributed by atoms with Gasteiger partial charge in [0, 0.05) is 12.0 Å². The third kappa shape index (κ3) is 4.11. The monoisotopic (exact) mass is 280 g/mol. The summed E-state index contributed by atoms with van der Waals surface area (Å²) < 4.78 is 10.5. The van der Waals surface area contributed by atoms with Gasteiger partial charge in [-0.25, -0.2) is 4.79 Å². The quantitative estimate of drug-likeness (QED) is 0.854. The van der Waals surface area contributed by atoms with Crippen LogP contribution in [0.4, 0.5) is 4.79 Å². The number of urea groups is 1. The SMILES string of the molecule is CO[C@@H](CNC(=O)NCc1cccs1)c1ccco1. The van der Waals surface area contributed by atoms with Crippen LogP contribution in [0.3, 0.4) is 0 Å². The van der Waals surface area contributed by atoms with Crippen molar-refractivity contribution in [3.63, 3.8) is 0 Å². The van der Waals surface area contributed by atoms with Crippen molar-refractivity contribution in [1.82, 2.24) is 10.6 Å². The van der Waals surface area contributed by atoms with E-state index in [0.717, 1.165) is 4.88 Å². The van der Waals surface area contributed by atoms with Gasteiger partial charge in [0.25, 0.3) is 0 Å². The fraction of sp³-hybridized carbons (Fsp3) is 0.308. The molecule has 0 aliphatic rings. The Morgan fingerprint density at radius 3 is 2.95 bits per heavy atom. The standard InChI is InChI=1S/C13H16N2O3S/c1-17-12(11-5-2-6-18-11)9-15-13(16)14-8-10-4-3-7-19-10/h2-7,12H,8-9H2,1H3,(H2,14,15,16)/t12-/m0/s1. The van der Waals surface area contributed by atoms with Crippen LogP contribution in [0.2, 0.25) is 0 Å². The average Bonchev–Trinajstić information content (AvgIpc) is 3.10. The summed E-state index contributed by atoms with van der Waals surface area (Å²) in [7, 11) is 1.58. The molecule has 19 heavy (non-hydrogen) atoms. The maximum absolute atomic E-state index is 11.6.